The van der Waals surface area contributed by atoms with E-state index in [0.29, 0.717) is 18.0 Å². The molecule has 0 saturated carbocycles. The third-order valence-electron chi connectivity index (χ3n) is 5.40. The van der Waals surface area contributed by atoms with Crippen LogP contribution in [-0.2, 0) is 0 Å². The minimum atomic E-state index is -0.0950. The smallest absolute Gasteiger partial charge is 0.254 e. The normalized spacial score (nSPS) is 14.8. The Kier molecular flexibility index (Phi) is 5.33. The van der Waals surface area contributed by atoms with E-state index in [-0.39, 0.29) is 11.8 Å². The van der Waals surface area contributed by atoms with Gasteiger partial charge in [0, 0.05) is 37.6 Å². The number of rotatable bonds is 4. The molecule has 142 valence electrons. The third-order valence-corrected chi connectivity index (χ3v) is 5.40. The molecule has 2 aromatic carbocycles. The van der Waals surface area contributed by atoms with E-state index in [2.05, 4.69) is 10.3 Å². The predicted molar refractivity (Wildman–Crippen MR) is 109 cm³/mol. The second kappa shape index (κ2) is 8.21. The Hall–Kier alpha value is -3.21. The number of nitrogens with zero attached hydrogens (tertiary/aromatic N) is 2. The molecule has 2 heterocycles. The maximum absolute atomic E-state index is 13.0. The summed E-state index contributed by atoms with van der Waals surface area (Å²) in [5, 5.41) is 5.07. The van der Waals surface area contributed by atoms with E-state index in [0.717, 1.165) is 42.3 Å². The first-order chi connectivity index (χ1) is 13.7. The fourth-order valence-electron chi connectivity index (χ4n) is 3.76. The van der Waals surface area contributed by atoms with Crippen molar-refractivity contribution in [2.24, 2.45) is 5.92 Å². The lowest BCUT2D eigenvalue weighted by Gasteiger charge is -2.32. The molecule has 1 aliphatic rings. The molecule has 0 bridgehead atoms. The average Bonchev–Trinajstić information content (AvgIpc) is 2.77. The van der Waals surface area contributed by atoms with E-state index in [4.69, 9.17) is 0 Å². The van der Waals surface area contributed by atoms with Gasteiger partial charge in [-0.2, -0.15) is 0 Å². The molecular weight excluding hydrogens is 350 g/mol. The van der Waals surface area contributed by atoms with Crippen molar-refractivity contribution < 1.29 is 9.59 Å². The largest absolute Gasteiger partial charge is 0.352 e. The Bertz CT molecular complexity index is 974. The van der Waals surface area contributed by atoms with Crippen LogP contribution in [0.15, 0.2) is 67.0 Å². The van der Waals surface area contributed by atoms with Gasteiger partial charge in [0.1, 0.15) is 0 Å². The molecule has 0 atom stereocenters. The van der Waals surface area contributed by atoms with Crippen molar-refractivity contribution in [3.63, 3.8) is 0 Å². The lowest BCUT2D eigenvalue weighted by Crippen LogP contribution is -2.41. The van der Waals surface area contributed by atoms with Crippen LogP contribution in [0, 0.1) is 5.92 Å². The number of likely N-dealkylation sites (tertiary alicyclic amines) is 1. The highest BCUT2D eigenvalue weighted by atomic mass is 16.2. The number of hydrogen-bond acceptors (Lipinski definition) is 3. The van der Waals surface area contributed by atoms with Gasteiger partial charge in [-0.1, -0.05) is 36.4 Å². The molecule has 0 radical (unpaired) electrons. The van der Waals surface area contributed by atoms with E-state index in [1.54, 1.807) is 24.5 Å². The molecule has 0 unspecified atom stereocenters. The first-order valence-electron chi connectivity index (χ1n) is 9.67. The summed E-state index contributed by atoms with van der Waals surface area (Å²) in [7, 11) is 0. The molecule has 1 aliphatic heterocycles. The van der Waals surface area contributed by atoms with Crippen LogP contribution < -0.4 is 5.32 Å². The van der Waals surface area contributed by atoms with Crippen LogP contribution >= 0.6 is 0 Å². The topological polar surface area (TPSA) is 62.3 Å². The maximum atomic E-state index is 13.0. The van der Waals surface area contributed by atoms with Crippen LogP contribution in [0.5, 0.6) is 0 Å². The molecule has 0 spiro atoms. The minimum absolute atomic E-state index is 0.0923. The molecule has 1 saturated heterocycles. The van der Waals surface area contributed by atoms with Gasteiger partial charge >= 0.3 is 0 Å². The number of carbonyl (C=O) groups excluding carboxylic acids is 2. The van der Waals surface area contributed by atoms with Gasteiger partial charge in [-0.15, -0.1) is 0 Å². The summed E-state index contributed by atoms with van der Waals surface area (Å²) < 4.78 is 0. The van der Waals surface area contributed by atoms with Crippen molar-refractivity contribution in [1.82, 2.24) is 15.2 Å². The van der Waals surface area contributed by atoms with Crippen LogP contribution in [-0.4, -0.2) is 41.3 Å². The highest BCUT2D eigenvalue weighted by Crippen LogP contribution is 2.23. The third kappa shape index (κ3) is 3.88. The molecule has 1 fully saturated rings. The molecule has 4 rings (SSSR count). The maximum Gasteiger partial charge on any atom is 0.254 e. The van der Waals surface area contributed by atoms with Gasteiger partial charge in [-0.25, -0.2) is 0 Å². The highest BCUT2D eigenvalue weighted by Gasteiger charge is 2.25. The van der Waals surface area contributed by atoms with Crippen molar-refractivity contribution in [2.75, 3.05) is 19.6 Å². The molecule has 5 heteroatoms. The van der Waals surface area contributed by atoms with Crippen LogP contribution in [0.25, 0.3) is 10.8 Å². The zero-order valence-electron chi connectivity index (χ0n) is 15.7. The zero-order chi connectivity index (χ0) is 19.3. The molecule has 1 aromatic heterocycles. The van der Waals surface area contributed by atoms with E-state index < -0.39 is 0 Å². The molecule has 0 aliphatic carbocycles. The number of fused-ring (bicyclic) bond motifs is 1. The van der Waals surface area contributed by atoms with Gasteiger partial charge < -0.3 is 10.2 Å². The summed E-state index contributed by atoms with van der Waals surface area (Å²) in [5.74, 6) is 0.384. The first kappa shape index (κ1) is 18.2. The fraction of sp³-hybridized carbons (Fsp3) is 0.261. The Labute approximate surface area is 164 Å². The lowest BCUT2D eigenvalue weighted by atomic mass is 9.95. The summed E-state index contributed by atoms with van der Waals surface area (Å²) in [5.41, 5.74) is 1.34. The zero-order valence-corrected chi connectivity index (χ0v) is 15.7. The molecule has 1 N–H and O–H groups in total. The van der Waals surface area contributed by atoms with E-state index >= 15 is 0 Å². The Morgan fingerprint density at radius 3 is 2.57 bits per heavy atom. The van der Waals surface area contributed by atoms with Gasteiger partial charge in [-0.3, -0.25) is 14.6 Å². The van der Waals surface area contributed by atoms with Crippen LogP contribution in [0.3, 0.4) is 0 Å². The minimum Gasteiger partial charge on any atom is -0.352 e. The molecular formula is C23H23N3O2. The summed E-state index contributed by atoms with van der Waals surface area (Å²) in [6.45, 7) is 2.06. The molecule has 5 nitrogen and oxygen atoms in total. The van der Waals surface area contributed by atoms with E-state index in [1.807, 2.05) is 47.4 Å². The van der Waals surface area contributed by atoms with Gasteiger partial charge in [0.05, 0.1) is 5.56 Å². The van der Waals surface area contributed by atoms with Crippen molar-refractivity contribution in [1.29, 1.82) is 0 Å². The molecule has 28 heavy (non-hydrogen) atoms. The number of pyridine rings is 1. The number of benzene rings is 2. The Morgan fingerprint density at radius 2 is 1.79 bits per heavy atom. The summed E-state index contributed by atoms with van der Waals surface area (Å²) >= 11 is 0. The quantitative estimate of drug-likeness (QED) is 0.761. The van der Waals surface area contributed by atoms with Crippen molar-refractivity contribution in [3.8, 4) is 0 Å². The van der Waals surface area contributed by atoms with Crippen molar-refractivity contribution >= 4 is 22.6 Å². The standard InChI is InChI=1S/C23H23N3O2/c27-22(19-7-4-12-24-16-19)25-15-17-10-13-26(14-11-17)23(28)21-9-3-6-18-5-1-2-8-20(18)21/h1-9,12,16-17H,10-11,13-15H2,(H,25,27). The number of piperidine rings is 1. The van der Waals surface area contributed by atoms with Crippen molar-refractivity contribution in [2.45, 2.75) is 12.8 Å². The summed E-state index contributed by atoms with van der Waals surface area (Å²) in [6, 6.07) is 17.4. The number of aromatic nitrogens is 1. The molecule has 3 aromatic rings. The van der Waals surface area contributed by atoms with Crippen LogP contribution in [0.1, 0.15) is 33.6 Å². The van der Waals surface area contributed by atoms with E-state index in [9.17, 15) is 9.59 Å². The van der Waals surface area contributed by atoms with E-state index in [1.165, 1.54) is 0 Å². The van der Waals surface area contributed by atoms with Gasteiger partial charge in [0.15, 0.2) is 0 Å². The average molecular weight is 373 g/mol. The summed E-state index contributed by atoms with van der Waals surface area (Å²) in [6.07, 6.45) is 5.01. The van der Waals surface area contributed by atoms with Crippen molar-refractivity contribution in [3.05, 3.63) is 78.1 Å². The van der Waals surface area contributed by atoms with Gasteiger partial charge in [0.2, 0.25) is 0 Å². The highest BCUT2D eigenvalue weighted by molar-refractivity contribution is 6.07. The van der Waals surface area contributed by atoms with Crippen LogP contribution in [0.4, 0.5) is 0 Å². The Morgan fingerprint density at radius 1 is 1.00 bits per heavy atom. The number of amides is 2. The predicted octanol–water partition coefficient (Wildman–Crippen LogP) is 3.52. The van der Waals surface area contributed by atoms with Gasteiger partial charge in [-0.05, 0) is 47.7 Å². The second-order valence-electron chi connectivity index (χ2n) is 7.21. The first-order valence-corrected chi connectivity index (χ1v) is 9.67. The second-order valence-corrected chi connectivity index (χ2v) is 7.21. The number of hydrogen-bond donors (Lipinski definition) is 1. The van der Waals surface area contributed by atoms with Gasteiger partial charge in [0.25, 0.3) is 11.8 Å². The fourth-order valence-corrected chi connectivity index (χ4v) is 3.76. The molecule has 2 amide bonds. The SMILES string of the molecule is O=C(NCC1CCN(C(=O)c2cccc3ccccc23)CC1)c1cccnc1. The van der Waals surface area contributed by atoms with Crippen LogP contribution in [0.2, 0.25) is 0 Å². The number of carbonyl (C=O) groups is 2. The monoisotopic (exact) mass is 373 g/mol. The lowest BCUT2D eigenvalue weighted by molar-refractivity contribution is 0.0686. The summed E-state index contributed by atoms with van der Waals surface area (Å²) in [4.78, 5) is 31.1. The number of nitrogens with one attached hydrogen (secondary N) is 1. The Balaban J connectivity index is 1.34.